The predicted octanol–water partition coefficient (Wildman–Crippen LogP) is 2.70. The van der Waals surface area contributed by atoms with Crippen LogP contribution in [0.3, 0.4) is 0 Å². The minimum atomic E-state index is -0.223. The third kappa shape index (κ3) is 2.40. The van der Waals surface area contributed by atoms with Crippen LogP contribution in [0.5, 0.6) is 11.5 Å². The van der Waals surface area contributed by atoms with E-state index in [1.807, 2.05) is 6.07 Å². The van der Waals surface area contributed by atoms with Crippen molar-refractivity contribution in [2.45, 2.75) is 6.42 Å². The number of methoxy groups -OCH3 is 2. The third-order valence-corrected chi connectivity index (χ3v) is 7.22. The Labute approximate surface area is 170 Å². The summed E-state index contributed by atoms with van der Waals surface area (Å²) in [5.41, 5.74) is 0.747. The van der Waals surface area contributed by atoms with Crippen LogP contribution >= 0.6 is 22.6 Å². The number of allylic oxidation sites excluding steroid dienone is 2. The van der Waals surface area contributed by atoms with E-state index in [-0.39, 0.29) is 35.5 Å². The molecule has 0 spiro atoms. The highest BCUT2D eigenvalue weighted by Crippen LogP contribution is 2.65. The van der Waals surface area contributed by atoms with Crippen molar-refractivity contribution in [1.82, 2.24) is 5.01 Å². The SMILES string of the molecule is COc1cc(/C=N\N2C(=O)[C@H]3[C@@H]4C=C[C@H]([C@H]5C[C@H]45)[C@@H]3C2=O)cc(I)c1OC. The Morgan fingerprint density at radius 2 is 1.70 bits per heavy atom. The van der Waals surface area contributed by atoms with Crippen molar-refractivity contribution < 1.29 is 19.1 Å². The van der Waals surface area contributed by atoms with E-state index >= 15 is 0 Å². The van der Waals surface area contributed by atoms with Crippen LogP contribution in [0.4, 0.5) is 0 Å². The van der Waals surface area contributed by atoms with Gasteiger partial charge in [0.2, 0.25) is 0 Å². The van der Waals surface area contributed by atoms with E-state index in [9.17, 15) is 9.59 Å². The Kier molecular flexibility index (Phi) is 3.86. The average Bonchev–Trinajstić information content (AvgIpc) is 3.45. The number of ether oxygens (including phenoxy) is 2. The van der Waals surface area contributed by atoms with E-state index in [0.29, 0.717) is 23.3 Å². The molecule has 4 aliphatic carbocycles. The number of hydrogen-bond acceptors (Lipinski definition) is 5. The van der Waals surface area contributed by atoms with Gasteiger partial charge < -0.3 is 9.47 Å². The summed E-state index contributed by atoms with van der Waals surface area (Å²) in [5.74, 6) is 2.09. The maximum atomic E-state index is 12.9. The van der Waals surface area contributed by atoms with Crippen LogP contribution in [0.2, 0.25) is 0 Å². The van der Waals surface area contributed by atoms with E-state index in [4.69, 9.17) is 9.47 Å². The van der Waals surface area contributed by atoms with Gasteiger partial charge in [0.05, 0.1) is 35.8 Å². The average molecular weight is 478 g/mol. The lowest BCUT2D eigenvalue weighted by Gasteiger charge is -2.37. The zero-order chi connectivity index (χ0) is 18.9. The molecule has 3 fully saturated rings. The molecule has 2 saturated carbocycles. The fraction of sp³-hybridized carbons (Fsp3) is 0.450. The van der Waals surface area contributed by atoms with E-state index in [2.05, 4.69) is 39.8 Å². The van der Waals surface area contributed by atoms with Crippen LogP contribution in [0.1, 0.15) is 12.0 Å². The van der Waals surface area contributed by atoms with E-state index in [1.165, 1.54) is 0 Å². The standard InChI is InChI=1S/C20H19IN2O4/c1-26-15-6-9(5-14(21)18(15)27-2)8-22-23-19(24)16-10-3-4-11(13-7-12(10)13)17(16)20(23)25/h3-6,8,10-13,16-17H,7H2,1-2H3/b22-8-/t10-,11-,12-,13-,16+,17+/m1/s1. The first-order chi connectivity index (χ1) is 13.0. The molecule has 6 rings (SSSR count). The fourth-order valence-electron chi connectivity index (χ4n) is 5.19. The quantitative estimate of drug-likeness (QED) is 0.289. The molecule has 0 radical (unpaired) electrons. The molecule has 1 aromatic carbocycles. The Bertz CT molecular complexity index is 875. The second kappa shape index (κ2) is 6.05. The molecule has 0 unspecified atom stereocenters. The van der Waals surface area contributed by atoms with E-state index < -0.39 is 0 Å². The topological polar surface area (TPSA) is 68.2 Å². The van der Waals surface area contributed by atoms with Gasteiger partial charge in [-0.15, -0.1) is 0 Å². The van der Waals surface area contributed by atoms with Crippen LogP contribution in [0.25, 0.3) is 0 Å². The van der Waals surface area contributed by atoms with Gasteiger partial charge in [-0.25, -0.2) is 0 Å². The highest BCUT2D eigenvalue weighted by molar-refractivity contribution is 14.1. The molecule has 1 heterocycles. The molecule has 2 amide bonds. The third-order valence-electron chi connectivity index (χ3n) is 6.42. The zero-order valence-corrected chi connectivity index (χ0v) is 17.1. The first-order valence-corrected chi connectivity index (χ1v) is 10.1. The summed E-state index contributed by atoms with van der Waals surface area (Å²) in [6, 6.07) is 3.66. The van der Waals surface area contributed by atoms with Gasteiger partial charge in [0.15, 0.2) is 11.5 Å². The summed E-state index contributed by atoms with van der Waals surface area (Å²) in [6.07, 6.45) is 7.03. The van der Waals surface area contributed by atoms with Crippen molar-refractivity contribution >= 4 is 40.6 Å². The number of rotatable bonds is 4. The Balaban J connectivity index is 1.43. The van der Waals surface area contributed by atoms with Crippen molar-refractivity contribution in [2.75, 3.05) is 14.2 Å². The number of hydrogen-bond donors (Lipinski definition) is 0. The van der Waals surface area contributed by atoms with E-state index in [1.54, 1.807) is 26.5 Å². The lowest BCUT2D eigenvalue weighted by atomic mass is 9.63. The molecule has 6 atom stereocenters. The highest BCUT2D eigenvalue weighted by atomic mass is 127. The molecule has 0 N–H and O–H groups in total. The summed E-state index contributed by atoms with van der Waals surface area (Å²) < 4.78 is 11.6. The first kappa shape index (κ1) is 17.2. The van der Waals surface area contributed by atoms with Gasteiger partial charge >= 0.3 is 0 Å². The van der Waals surface area contributed by atoms with Gasteiger partial charge in [0.25, 0.3) is 11.8 Å². The monoisotopic (exact) mass is 478 g/mol. The molecular formula is C20H19IN2O4. The Morgan fingerprint density at radius 3 is 2.26 bits per heavy atom. The summed E-state index contributed by atoms with van der Waals surface area (Å²) in [7, 11) is 3.16. The molecular weight excluding hydrogens is 459 g/mol. The zero-order valence-electron chi connectivity index (χ0n) is 15.0. The summed E-state index contributed by atoms with van der Waals surface area (Å²) in [4.78, 5) is 25.9. The largest absolute Gasteiger partial charge is 0.493 e. The normalized spacial score (nSPS) is 35.6. The number of amides is 2. The number of hydrazone groups is 1. The molecule has 1 aromatic rings. The molecule has 0 aromatic heterocycles. The summed E-state index contributed by atoms with van der Waals surface area (Å²) >= 11 is 2.16. The first-order valence-electron chi connectivity index (χ1n) is 9.06. The molecule has 1 aliphatic heterocycles. The van der Waals surface area contributed by atoms with Crippen LogP contribution < -0.4 is 9.47 Å². The minimum absolute atomic E-state index is 0.152. The minimum Gasteiger partial charge on any atom is -0.493 e. The van der Waals surface area contributed by atoms with Gasteiger partial charge in [-0.1, -0.05) is 12.2 Å². The Morgan fingerprint density at radius 1 is 1.07 bits per heavy atom. The number of halogens is 1. The second-order valence-corrected chi connectivity index (χ2v) is 8.79. The molecule has 2 bridgehead atoms. The van der Waals surface area contributed by atoms with E-state index in [0.717, 1.165) is 20.6 Å². The lowest BCUT2D eigenvalue weighted by molar-refractivity contribution is -0.140. The van der Waals surface area contributed by atoms with Gasteiger partial charge in [-0.05, 0) is 70.4 Å². The molecule has 5 aliphatic rings. The van der Waals surface area contributed by atoms with Gasteiger partial charge in [-0.2, -0.15) is 10.1 Å². The van der Waals surface area contributed by atoms with Crippen LogP contribution in [-0.2, 0) is 9.59 Å². The molecule has 27 heavy (non-hydrogen) atoms. The number of nitrogens with zero attached hydrogens (tertiary/aromatic N) is 2. The molecule has 6 nitrogen and oxygen atoms in total. The van der Waals surface area contributed by atoms with Crippen molar-refractivity contribution in [1.29, 1.82) is 0 Å². The molecule has 140 valence electrons. The van der Waals surface area contributed by atoms with Crippen molar-refractivity contribution in [3.63, 3.8) is 0 Å². The second-order valence-electron chi connectivity index (χ2n) is 7.63. The number of carbonyl (C=O) groups excluding carboxylic acids is 2. The molecule has 1 saturated heterocycles. The van der Waals surface area contributed by atoms with Crippen molar-refractivity contribution in [3.05, 3.63) is 33.4 Å². The number of carbonyl (C=O) groups is 2. The van der Waals surface area contributed by atoms with Crippen molar-refractivity contribution in [3.8, 4) is 11.5 Å². The van der Waals surface area contributed by atoms with Gasteiger partial charge in [0, 0.05) is 0 Å². The maximum absolute atomic E-state index is 12.9. The predicted molar refractivity (Wildman–Crippen MR) is 106 cm³/mol. The van der Waals surface area contributed by atoms with Gasteiger partial charge in [0.1, 0.15) is 0 Å². The number of benzene rings is 1. The van der Waals surface area contributed by atoms with Crippen molar-refractivity contribution in [2.24, 2.45) is 40.6 Å². The lowest BCUT2D eigenvalue weighted by Crippen LogP contribution is -2.40. The number of imide groups is 1. The van der Waals surface area contributed by atoms with Crippen LogP contribution in [0, 0.1) is 39.1 Å². The van der Waals surface area contributed by atoms with Gasteiger partial charge in [-0.3, -0.25) is 9.59 Å². The fourth-order valence-corrected chi connectivity index (χ4v) is 6.04. The van der Waals surface area contributed by atoms with Crippen LogP contribution in [0.15, 0.2) is 29.4 Å². The summed E-state index contributed by atoms with van der Waals surface area (Å²) in [6.45, 7) is 0. The smallest absolute Gasteiger partial charge is 0.254 e. The molecule has 7 heteroatoms. The highest BCUT2D eigenvalue weighted by Gasteiger charge is 2.67. The Hall–Kier alpha value is -1.90. The maximum Gasteiger partial charge on any atom is 0.254 e. The van der Waals surface area contributed by atoms with Crippen LogP contribution in [-0.4, -0.2) is 37.3 Å². The summed E-state index contributed by atoms with van der Waals surface area (Å²) in [5, 5.41) is 5.36.